The van der Waals surface area contributed by atoms with Crippen LogP contribution in [0.2, 0.25) is 0 Å². The molecular formula is C14H28N2O3. The minimum absolute atomic E-state index is 0.0563. The number of nitrogens with zero attached hydrogens (tertiary/aromatic N) is 1. The number of rotatable bonds is 9. The molecule has 0 saturated heterocycles. The van der Waals surface area contributed by atoms with Gasteiger partial charge in [0.25, 0.3) is 0 Å². The summed E-state index contributed by atoms with van der Waals surface area (Å²) in [5.41, 5.74) is -0.923. The fraction of sp³-hybridized carbons (Fsp3) is 0.857. The molecule has 19 heavy (non-hydrogen) atoms. The molecule has 0 rings (SSSR count). The van der Waals surface area contributed by atoms with Crippen molar-refractivity contribution in [3.63, 3.8) is 0 Å². The first-order valence-electron chi connectivity index (χ1n) is 6.99. The van der Waals surface area contributed by atoms with Crippen LogP contribution < -0.4 is 5.32 Å². The molecule has 0 spiro atoms. The molecule has 2 N–H and O–H groups in total. The predicted molar refractivity (Wildman–Crippen MR) is 76.0 cm³/mol. The average molecular weight is 272 g/mol. The van der Waals surface area contributed by atoms with E-state index in [1.54, 1.807) is 0 Å². The number of hydrogen-bond acceptors (Lipinski definition) is 3. The van der Waals surface area contributed by atoms with Gasteiger partial charge in [0.1, 0.15) is 0 Å². The van der Waals surface area contributed by atoms with Gasteiger partial charge in [-0.1, -0.05) is 13.8 Å². The Balaban J connectivity index is 4.26. The molecule has 0 fully saturated rings. The number of amides is 1. The molecule has 0 radical (unpaired) electrons. The summed E-state index contributed by atoms with van der Waals surface area (Å²) in [4.78, 5) is 25.3. The maximum Gasteiger partial charge on any atom is 0.310 e. The van der Waals surface area contributed by atoms with E-state index in [0.29, 0.717) is 25.4 Å². The normalized spacial score (nSPS) is 11.9. The smallest absolute Gasteiger partial charge is 0.310 e. The summed E-state index contributed by atoms with van der Waals surface area (Å²) in [6, 6.07) is 0.432. The van der Waals surface area contributed by atoms with Crippen molar-refractivity contribution in [2.24, 2.45) is 5.41 Å². The van der Waals surface area contributed by atoms with E-state index in [4.69, 9.17) is 0 Å². The third-order valence-electron chi connectivity index (χ3n) is 3.97. The zero-order chi connectivity index (χ0) is 15.1. The van der Waals surface area contributed by atoms with Crippen molar-refractivity contribution in [3.8, 4) is 0 Å². The van der Waals surface area contributed by atoms with Crippen LogP contribution in [0.25, 0.3) is 0 Å². The molecule has 0 aliphatic heterocycles. The lowest BCUT2D eigenvalue weighted by Crippen LogP contribution is -2.40. The molecule has 0 atom stereocenters. The molecule has 0 saturated carbocycles. The Bertz CT molecular complexity index is 299. The number of carboxylic acid groups (broad SMARTS) is 1. The van der Waals surface area contributed by atoms with E-state index >= 15 is 0 Å². The summed E-state index contributed by atoms with van der Waals surface area (Å²) >= 11 is 0. The van der Waals surface area contributed by atoms with Gasteiger partial charge in [-0.05, 0) is 33.7 Å². The molecule has 0 unspecified atom stereocenters. The minimum atomic E-state index is -0.923. The predicted octanol–water partition coefficient (Wildman–Crippen LogP) is 1.72. The Morgan fingerprint density at radius 3 is 2.16 bits per heavy atom. The second-order valence-corrected chi connectivity index (χ2v) is 5.39. The van der Waals surface area contributed by atoms with Crippen LogP contribution in [0.3, 0.4) is 0 Å². The first kappa shape index (κ1) is 17.9. The van der Waals surface area contributed by atoms with E-state index in [1.807, 2.05) is 20.9 Å². The van der Waals surface area contributed by atoms with E-state index in [2.05, 4.69) is 24.1 Å². The summed E-state index contributed by atoms with van der Waals surface area (Å²) in [6.07, 6.45) is 0.997. The van der Waals surface area contributed by atoms with E-state index in [9.17, 15) is 14.7 Å². The molecular weight excluding hydrogens is 244 g/mol. The molecule has 0 aromatic rings. The van der Waals surface area contributed by atoms with Gasteiger partial charge in [0.15, 0.2) is 0 Å². The van der Waals surface area contributed by atoms with Crippen LogP contribution in [-0.4, -0.2) is 48.1 Å². The number of hydrogen-bond donors (Lipinski definition) is 2. The van der Waals surface area contributed by atoms with Gasteiger partial charge in [-0.15, -0.1) is 0 Å². The summed E-state index contributed by atoms with van der Waals surface area (Å²) in [6.45, 7) is 9.13. The maximum atomic E-state index is 11.8. The van der Waals surface area contributed by atoms with Gasteiger partial charge in [0, 0.05) is 25.6 Å². The van der Waals surface area contributed by atoms with E-state index in [1.165, 1.54) is 0 Å². The number of likely N-dealkylation sites (N-methyl/N-ethyl adjacent to an activating group) is 1. The Labute approximate surface area is 116 Å². The number of aliphatic carboxylic acids is 1. The molecule has 0 heterocycles. The third-order valence-corrected chi connectivity index (χ3v) is 3.97. The maximum absolute atomic E-state index is 11.8. The standard InChI is InChI=1S/C14H28N2O3/c1-6-14(7-2,13(18)19)10-12(17)15-8-9-16(5)11(3)4/h11H,6-10H2,1-5H3,(H,15,17)(H,18,19). The van der Waals surface area contributed by atoms with Gasteiger partial charge in [-0.2, -0.15) is 0 Å². The Morgan fingerprint density at radius 1 is 1.26 bits per heavy atom. The van der Waals surface area contributed by atoms with Gasteiger partial charge < -0.3 is 15.3 Å². The molecule has 0 aliphatic carbocycles. The highest BCUT2D eigenvalue weighted by Gasteiger charge is 2.36. The van der Waals surface area contributed by atoms with Crippen molar-refractivity contribution in [1.82, 2.24) is 10.2 Å². The SMILES string of the molecule is CCC(CC)(CC(=O)NCCN(C)C(C)C)C(=O)O. The van der Waals surface area contributed by atoms with Gasteiger partial charge >= 0.3 is 5.97 Å². The summed E-state index contributed by atoms with van der Waals surface area (Å²) in [5, 5.41) is 12.1. The minimum Gasteiger partial charge on any atom is -0.481 e. The van der Waals surface area contributed by atoms with Crippen LogP contribution >= 0.6 is 0 Å². The van der Waals surface area contributed by atoms with E-state index < -0.39 is 11.4 Å². The highest BCUT2D eigenvalue weighted by atomic mass is 16.4. The van der Waals surface area contributed by atoms with E-state index in [-0.39, 0.29) is 12.3 Å². The van der Waals surface area contributed by atoms with Crippen molar-refractivity contribution in [2.75, 3.05) is 20.1 Å². The Hall–Kier alpha value is -1.10. The van der Waals surface area contributed by atoms with Gasteiger partial charge in [0.2, 0.25) is 5.91 Å². The van der Waals surface area contributed by atoms with Crippen molar-refractivity contribution >= 4 is 11.9 Å². The molecule has 0 bridgehead atoms. The number of carbonyl (C=O) groups is 2. The lowest BCUT2D eigenvalue weighted by Gasteiger charge is -2.26. The zero-order valence-corrected chi connectivity index (χ0v) is 12.8. The Morgan fingerprint density at radius 2 is 1.79 bits per heavy atom. The number of nitrogens with one attached hydrogen (secondary N) is 1. The van der Waals surface area contributed by atoms with Gasteiger partial charge in [-0.3, -0.25) is 9.59 Å². The highest BCUT2D eigenvalue weighted by Crippen LogP contribution is 2.30. The fourth-order valence-electron chi connectivity index (χ4n) is 1.88. The molecule has 1 amide bonds. The zero-order valence-electron chi connectivity index (χ0n) is 12.8. The molecule has 0 aromatic carbocycles. The van der Waals surface area contributed by atoms with Crippen molar-refractivity contribution in [3.05, 3.63) is 0 Å². The third kappa shape index (κ3) is 5.59. The summed E-state index contributed by atoms with van der Waals surface area (Å²) in [5.74, 6) is -1.06. The largest absolute Gasteiger partial charge is 0.481 e. The second kappa shape index (κ2) is 8.15. The number of carbonyl (C=O) groups excluding carboxylic acids is 1. The summed E-state index contributed by atoms with van der Waals surface area (Å²) < 4.78 is 0. The number of carboxylic acids is 1. The lowest BCUT2D eigenvalue weighted by atomic mass is 9.79. The van der Waals surface area contributed by atoms with Crippen LogP contribution in [0.1, 0.15) is 47.0 Å². The first-order chi connectivity index (χ1) is 8.79. The monoisotopic (exact) mass is 272 g/mol. The van der Waals surface area contributed by atoms with Crippen molar-refractivity contribution < 1.29 is 14.7 Å². The van der Waals surface area contributed by atoms with Crippen molar-refractivity contribution in [2.45, 2.75) is 53.0 Å². The van der Waals surface area contributed by atoms with Crippen LogP contribution in [0, 0.1) is 5.41 Å². The molecule has 5 heteroatoms. The topological polar surface area (TPSA) is 69.6 Å². The molecule has 0 aliphatic rings. The molecule has 112 valence electrons. The van der Waals surface area contributed by atoms with E-state index in [0.717, 1.165) is 6.54 Å². The van der Waals surface area contributed by atoms with Crippen LogP contribution in [0.5, 0.6) is 0 Å². The van der Waals surface area contributed by atoms with Gasteiger partial charge in [0.05, 0.1) is 5.41 Å². The second-order valence-electron chi connectivity index (χ2n) is 5.39. The molecule has 0 aromatic heterocycles. The van der Waals surface area contributed by atoms with Crippen LogP contribution in [0.4, 0.5) is 0 Å². The van der Waals surface area contributed by atoms with Gasteiger partial charge in [-0.25, -0.2) is 0 Å². The highest BCUT2D eigenvalue weighted by molar-refractivity contribution is 5.84. The average Bonchev–Trinajstić information content (AvgIpc) is 2.35. The lowest BCUT2D eigenvalue weighted by molar-refractivity contribution is -0.152. The van der Waals surface area contributed by atoms with Crippen LogP contribution in [-0.2, 0) is 9.59 Å². The first-order valence-corrected chi connectivity index (χ1v) is 6.99. The van der Waals surface area contributed by atoms with Crippen LogP contribution in [0.15, 0.2) is 0 Å². The molecule has 5 nitrogen and oxygen atoms in total. The summed E-state index contributed by atoms with van der Waals surface area (Å²) in [7, 11) is 2.00. The quantitative estimate of drug-likeness (QED) is 0.670. The van der Waals surface area contributed by atoms with Crippen molar-refractivity contribution in [1.29, 1.82) is 0 Å². The fourth-order valence-corrected chi connectivity index (χ4v) is 1.88. The Kier molecular flexibility index (Phi) is 7.68.